The molecule has 0 aliphatic carbocycles. The van der Waals surface area contributed by atoms with E-state index < -0.39 is 0 Å². The number of carbonyl (C=O) groups excluding carboxylic acids is 2. The normalized spacial score (nSPS) is 9.55. The van der Waals surface area contributed by atoms with Crippen LogP contribution in [0.2, 0.25) is 0 Å². The van der Waals surface area contributed by atoms with E-state index in [1.165, 1.54) is 0 Å². The molecule has 118 valence electrons. The highest BCUT2D eigenvalue weighted by molar-refractivity contribution is 7.22. The molecule has 0 aromatic carbocycles. The lowest BCUT2D eigenvalue weighted by molar-refractivity contribution is -0.145. The number of rotatable bonds is 10. The molecular weight excluding hydrogens is 279 g/mol. The van der Waals surface area contributed by atoms with E-state index in [9.17, 15) is 9.59 Å². The van der Waals surface area contributed by atoms with Crippen LogP contribution < -0.4 is 0 Å². The van der Waals surface area contributed by atoms with Crippen LogP contribution in [0, 0.1) is 0 Å². The monoisotopic (exact) mass is 306 g/mol. The first kappa shape index (κ1) is 21.3. The minimum atomic E-state index is -0.222. The average Bonchev–Trinajstić information content (AvgIpc) is 2.40. The van der Waals surface area contributed by atoms with Crippen LogP contribution in [-0.2, 0) is 23.6 Å². The third-order valence-electron chi connectivity index (χ3n) is 2.28. The van der Waals surface area contributed by atoms with Crippen molar-refractivity contribution in [2.24, 2.45) is 0 Å². The van der Waals surface area contributed by atoms with Gasteiger partial charge in [-0.3, -0.25) is 14.2 Å². The van der Waals surface area contributed by atoms with Gasteiger partial charge in [0.15, 0.2) is 8.46 Å². The summed E-state index contributed by atoms with van der Waals surface area (Å²) in [5, 5.41) is 0. The number of carbonyl (C=O) groups is 2. The molecular formula is C14H27O5P. The van der Waals surface area contributed by atoms with E-state index in [2.05, 4.69) is 0 Å². The summed E-state index contributed by atoms with van der Waals surface area (Å²) in [6, 6.07) is 0. The van der Waals surface area contributed by atoms with Gasteiger partial charge < -0.3 is 9.47 Å². The second kappa shape index (κ2) is 18.0. The van der Waals surface area contributed by atoms with Gasteiger partial charge in [0.05, 0.1) is 13.2 Å². The van der Waals surface area contributed by atoms with Gasteiger partial charge in [-0.05, 0) is 19.3 Å². The third kappa shape index (κ3) is 19.4. The molecule has 0 rings (SSSR count). The fourth-order valence-corrected chi connectivity index (χ4v) is 1.18. The van der Waals surface area contributed by atoms with Crippen LogP contribution in [-0.4, -0.2) is 31.8 Å². The van der Waals surface area contributed by atoms with E-state index in [4.69, 9.17) is 14.0 Å². The molecule has 0 bridgehead atoms. The van der Waals surface area contributed by atoms with E-state index >= 15 is 0 Å². The van der Waals surface area contributed by atoms with Gasteiger partial charge in [0.25, 0.3) is 0 Å². The van der Waals surface area contributed by atoms with Crippen LogP contribution in [0.15, 0.2) is 0 Å². The molecule has 0 saturated heterocycles. The SMILES string of the molecule is CCCCOC(=O)CCCC(=O)OCCCC.CP=O. The Morgan fingerprint density at radius 2 is 1.20 bits per heavy atom. The lowest BCUT2D eigenvalue weighted by Crippen LogP contribution is -2.09. The molecule has 0 fully saturated rings. The Labute approximate surface area is 123 Å². The van der Waals surface area contributed by atoms with Gasteiger partial charge in [0, 0.05) is 19.5 Å². The third-order valence-corrected chi connectivity index (χ3v) is 2.28. The molecule has 0 aromatic rings. The van der Waals surface area contributed by atoms with Crippen LogP contribution in [0.5, 0.6) is 0 Å². The van der Waals surface area contributed by atoms with Gasteiger partial charge in [0.1, 0.15) is 0 Å². The van der Waals surface area contributed by atoms with Gasteiger partial charge >= 0.3 is 11.9 Å². The summed E-state index contributed by atoms with van der Waals surface area (Å²) in [6.07, 6.45) is 4.92. The van der Waals surface area contributed by atoms with Crippen LogP contribution in [0.3, 0.4) is 0 Å². The van der Waals surface area contributed by atoms with Crippen molar-refractivity contribution in [1.29, 1.82) is 0 Å². The summed E-state index contributed by atoms with van der Waals surface area (Å²) in [7, 11) is 0.167. The van der Waals surface area contributed by atoms with Crippen molar-refractivity contribution in [1.82, 2.24) is 0 Å². The predicted molar refractivity (Wildman–Crippen MR) is 79.1 cm³/mol. The van der Waals surface area contributed by atoms with Crippen LogP contribution in [0.1, 0.15) is 58.8 Å². The molecule has 0 unspecified atom stereocenters. The fraction of sp³-hybridized carbons (Fsp3) is 0.857. The molecule has 0 aliphatic heterocycles. The second-order valence-corrected chi connectivity index (χ2v) is 4.55. The van der Waals surface area contributed by atoms with Crippen LogP contribution >= 0.6 is 8.46 Å². The summed E-state index contributed by atoms with van der Waals surface area (Å²) in [5.74, 6) is -0.445. The lowest BCUT2D eigenvalue weighted by atomic mass is 10.2. The van der Waals surface area contributed by atoms with E-state index in [0.717, 1.165) is 25.7 Å². The molecule has 0 radical (unpaired) electrons. The zero-order valence-corrected chi connectivity index (χ0v) is 13.7. The Kier molecular flexibility index (Phi) is 19.2. The van der Waals surface area contributed by atoms with Crippen molar-refractivity contribution < 1.29 is 23.6 Å². The maximum Gasteiger partial charge on any atom is 0.305 e. The number of unbranched alkanes of at least 4 members (excludes halogenated alkanes) is 2. The second-order valence-electron chi connectivity index (χ2n) is 4.18. The number of hydrogen-bond donors (Lipinski definition) is 0. The Morgan fingerprint density at radius 1 is 0.850 bits per heavy atom. The molecule has 0 spiro atoms. The van der Waals surface area contributed by atoms with Gasteiger partial charge in [-0.15, -0.1) is 0 Å². The standard InChI is InChI=1S/C13H24O4.CH3OP/c1-3-5-10-16-12(14)8-7-9-13(15)17-11-6-4-2;1-3-2/h3-11H2,1-2H3;1H3. The van der Waals surface area contributed by atoms with E-state index in [1.54, 1.807) is 6.66 Å². The first-order valence-electron chi connectivity index (χ1n) is 7.14. The van der Waals surface area contributed by atoms with E-state index in [1.807, 2.05) is 13.8 Å². The topological polar surface area (TPSA) is 69.7 Å². The first-order valence-corrected chi connectivity index (χ1v) is 8.40. The molecule has 0 atom stereocenters. The zero-order valence-electron chi connectivity index (χ0n) is 12.9. The number of esters is 2. The summed E-state index contributed by atoms with van der Waals surface area (Å²) < 4.78 is 18.8. The molecule has 0 heterocycles. The number of hydrogen-bond acceptors (Lipinski definition) is 5. The Balaban J connectivity index is 0. The Morgan fingerprint density at radius 3 is 1.50 bits per heavy atom. The highest BCUT2D eigenvalue weighted by Gasteiger charge is 2.06. The summed E-state index contributed by atoms with van der Waals surface area (Å²) in [4.78, 5) is 22.4. The van der Waals surface area contributed by atoms with Crippen molar-refractivity contribution >= 4 is 20.4 Å². The van der Waals surface area contributed by atoms with Crippen molar-refractivity contribution in [2.45, 2.75) is 58.8 Å². The van der Waals surface area contributed by atoms with E-state index in [0.29, 0.717) is 32.5 Å². The van der Waals surface area contributed by atoms with Crippen LogP contribution in [0.4, 0.5) is 0 Å². The smallest absolute Gasteiger partial charge is 0.305 e. The van der Waals surface area contributed by atoms with Gasteiger partial charge in [-0.1, -0.05) is 26.7 Å². The lowest BCUT2D eigenvalue weighted by Gasteiger charge is -2.04. The maximum absolute atomic E-state index is 11.2. The molecule has 0 aromatic heterocycles. The van der Waals surface area contributed by atoms with Gasteiger partial charge in [-0.25, -0.2) is 0 Å². The molecule has 5 nitrogen and oxygen atoms in total. The van der Waals surface area contributed by atoms with Crippen molar-refractivity contribution in [3.8, 4) is 0 Å². The molecule has 0 amide bonds. The van der Waals surface area contributed by atoms with Gasteiger partial charge in [-0.2, -0.15) is 0 Å². The largest absolute Gasteiger partial charge is 0.466 e. The van der Waals surface area contributed by atoms with Crippen LogP contribution in [0.25, 0.3) is 0 Å². The quantitative estimate of drug-likeness (QED) is 0.349. The van der Waals surface area contributed by atoms with Gasteiger partial charge in [0.2, 0.25) is 0 Å². The average molecular weight is 306 g/mol. The summed E-state index contributed by atoms with van der Waals surface area (Å²) in [5.41, 5.74) is 0. The molecule has 0 aliphatic rings. The highest BCUT2D eigenvalue weighted by Crippen LogP contribution is 2.01. The predicted octanol–water partition coefficient (Wildman–Crippen LogP) is 3.75. The van der Waals surface area contributed by atoms with Crippen molar-refractivity contribution in [3.05, 3.63) is 0 Å². The number of ether oxygens (including phenoxy) is 2. The highest BCUT2D eigenvalue weighted by atomic mass is 31.1. The Bertz CT molecular complexity index is 234. The zero-order chi connectivity index (χ0) is 15.6. The maximum atomic E-state index is 11.2. The van der Waals surface area contributed by atoms with E-state index in [-0.39, 0.29) is 20.4 Å². The molecule has 20 heavy (non-hydrogen) atoms. The van der Waals surface area contributed by atoms with Crippen molar-refractivity contribution in [3.63, 3.8) is 0 Å². The summed E-state index contributed by atoms with van der Waals surface area (Å²) in [6.45, 7) is 6.59. The summed E-state index contributed by atoms with van der Waals surface area (Å²) >= 11 is 0. The fourth-order valence-electron chi connectivity index (χ4n) is 1.18. The first-order chi connectivity index (χ1) is 9.62. The minimum absolute atomic E-state index is 0.167. The molecule has 6 heteroatoms. The minimum Gasteiger partial charge on any atom is -0.466 e. The molecule has 0 N–H and O–H groups in total. The van der Waals surface area contributed by atoms with Crippen molar-refractivity contribution in [2.75, 3.05) is 19.9 Å². The molecule has 0 saturated carbocycles. The Hall–Kier alpha value is -0.960.